The summed E-state index contributed by atoms with van der Waals surface area (Å²) in [6, 6.07) is 17.4. The minimum atomic E-state index is -0.916. The Kier molecular flexibility index (Phi) is 4.57. The maximum Gasteiger partial charge on any atom is 0.277 e. The molecule has 1 amide bonds. The van der Waals surface area contributed by atoms with Gasteiger partial charge in [-0.25, -0.2) is 19.5 Å². The van der Waals surface area contributed by atoms with Gasteiger partial charge < -0.3 is 0 Å². The number of nitrogens with one attached hydrogen (secondary N) is 1. The number of hydrogen-bond donors (Lipinski definition) is 2. The first-order chi connectivity index (χ1) is 15.1. The molecule has 0 bridgehead atoms. The first kappa shape index (κ1) is 18.8. The Balaban J connectivity index is 1.51. The SMILES string of the molecule is O=C(NO)c1ccc(-c2ccc3nnn(Cc4ccc5ncccc5c4)c3n2)cc1F. The van der Waals surface area contributed by atoms with Gasteiger partial charge in [0.15, 0.2) is 5.65 Å². The third kappa shape index (κ3) is 3.47. The molecule has 0 saturated heterocycles. The van der Waals surface area contributed by atoms with Crippen molar-refractivity contribution in [2.45, 2.75) is 6.54 Å². The lowest BCUT2D eigenvalue weighted by Crippen LogP contribution is -2.19. The van der Waals surface area contributed by atoms with E-state index in [0.29, 0.717) is 29.0 Å². The highest BCUT2D eigenvalue weighted by molar-refractivity contribution is 5.94. The molecule has 5 aromatic rings. The molecule has 0 atom stereocenters. The molecule has 0 aliphatic carbocycles. The number of aromatic nitrogens is 5. The van der Waals surface area contributed by atoms with E-state index in [1.165, 1.54) is 17.6 Å². The summed E-state index contributed by atoms with van der Waals surface area (Å²) in [7, 11) is 0. The van der Waals surface area contributed by atoms with Gasteiger partial charge in [0, 0.05) is 17.1 Å². The number of carbonyl (C=O) groups excluding carboxylic acids is 1. The summed E-state index contributed by atoms with van der Waals surface area (Å²) in [4.78, 5) is 20.4. The number of rotatable bonds is 4. The van der Waals surface area contributed by atoms with Crippen LogP contribution in [0.2, 0.25) is 0 Å². The van der Waals surface area contributed by atoms with Crippen LogP contribution in [0.5, 0.6) is 0 Å². The van der Waals surface area contributed by atoms with Crippen LogP contribution in [0, 0.1) is 5.82 Å². The Bertz CT molecular complexity index is 1450. The van der Waals surface area contributed by atoms with Crippen LogP contribution in [0.1, 0.15) is 15.9 Å². The molecular weight excluding hydrogens is 399 g/mol. The Morgan fingerprint density at radius 3 is 2.77 bits per heavy atom. The van der Waals surface area contributed by atoms with E-state index < -0.39 is 11.7 Å². The third-order valence-corrected chi connectivity index (χ3v) is 4.97. The van der Waals surface area contributed by atoms with Gasteiger partial charge in [0.1, 0.15) is 11.3 Å². The molecule has 5 rings (SSSR count). The minimum Gasteiger partial charge on any atom is -0.288 e. The lowest BCUT2D eigenvalue weighted by atomic mass is 10.1. The summed E-state index contributed by atoms with van der Waals surface area (Å²) >= 11 is 0. The topological polar surface area (TPSA) is 106 Å². The molecule has 0 aliphatic rings. The fourth-order valence-corrected chi connectivity index (χ4v) is 3.44. The van der Waals surface area contributed by atoms with Crippen molar-refractivity contribution < 1.29 is 14.4 Å². The standard InChI is InChI=1S/C22H15FN6O2/c23-17-11-15(4-5-16(17)22(30)27-31)19-7-8-20-21(25-19)29(28-26-20)12-13-3-6-18-14(10-13)2-1-9-24-18/h1-11,31H,12H2,(H,27,30). The summed E-state index contributed by atoms with van der Waals surface area (Å²) in [5, 5.41) is 18.1. The van der Waals surface area contributed by atoms with Crippen LogP contribution in [0.15, 0.2) is 66.9 Å². The fourth-order valence-electron chi connectivity index (χ4n) is 3.44. The summed E-state index contributed by atoms with van der Waals surface area (Å²) < 4.78 is 16.0. The number of halogens is 1. The molecule has 31 heavy (non-hydrogen) atoms. The Morgan fingerprint density at radius 1 is 1.06 bits per heavy atom. The van der Waals surface area contributed by atoms with Crippen molar-refractivity contribution in [1.29, 1.82) is 0 Å². The van der Waals surface area contributed by atoms with Crippen molar-refractivity contribution in [3.63, 3.8) is 0 Å². The van der Waals surface area contributed by atoms with Crippen molar-refractivity contribution in [3.8, 4) is 11.3 Å². The molecule has 3 heterocycles. The zero-order chi connectivity index (χ0) is 21.4. The highest BCUT2D eigenvalue weighted by atomic mass is 19.1. The summed E-state index contributed by atoms with van der Waals surface area (Å²) in [6.45, 7) is 0.460. The second-order valence-electron chi connectivity index (χ2n) is 6.95. The van der Waals surface area contributed by atoms with Gasteiger partial charge in [-0.05, 0) is 48.0 Å². The fraction of sp³-hybridized carbons (Fsp3) is 0.0455. The van der Waals surface area contributed by atoms with Gasteiger partial charge >= 0.3 is 0 Å². The lowest BCUT2D eigenvalue weighted by molar-refractivity contribution is 0.0702. The molecule has 8 nitrogen and oxygen atoms in total. The van der Waals surface area contributed by atoms with E-state index in [1.54, 1.807) is 29.1 Å². The summed E-state index contributed by atoms with van der Waals surface area (Å²) in [5.74, 6) is -1.68. The van der Waals surface area contributed by atoms with Gasteiger partial charge in [0.05, 0.1) is 23.3 Å². The van der Waals surface area contributed by atoms with E-state index in [4.69, 9.17) is 5.21 Å². The molecule has 0 fully saturated rings. The van der Waals surface area contributed by atoms with E-state index in [0.717, 1.165) is 16.5 Å². The molecule has 0 unspecified atom stereocenters. The Hall–Kier alpha value is -4.24. The second kappa shape index (κ2) is 7.54. The molecule has 0 saturated carbocycles. The van der Waals surface area contributed by atoms with Crippen molar-refractivity contribution >= 4 is 28.0 Å². The average Bonchev–Trinajstić information content (AvgIpc) is 3.20. The van der Waals surface area contributed by atoms with Gasteiger partial charge in [0.25, 0.3) is 5.91 Å². The number of fused-ring (bicyclic) bond motifs is 2. The van der Waals surface area contributed by atoms with E-state index in [9.17, 15) is 9.18 Å². The quantitative estimate of drug-likeness (QED) is 0.345. The zero-order valence-corrected chi connectivity index (χ0v) is 16.0. The van der Waals surface area contributed by atoms with Crippen LogP contribution in [0.3, 0.4) is 0 Å². The van der Waals surface area contributed by atoms with Crippen LogP contribution in [0.4, 0.5) is 4.39 Å². The van der Waals surface area contributed by atoms with Crippen molar-refractivity contribution in [2.24, 2.45) is 0 Å². The van der Waals surface area contributed by atoms with E-state index in [-0.39, 0.29) is 5.56 Å². The van der Waals surface area contributed by atoms with Crippen LogP contribution in [0.25, 0.3) is 33.3 Å². The van der Waals surface area contributed by atoms with Crippen LogP contribution in [-0.4, -0.2) is 36.1 Å². The predicted molar refractivity (Wildman–Crippen MR) is 111 cm³/mol. The molecule has 2 aromatic carbocycles. The van der Waals surface area contributed by atoms with Gasteiger partial charge in [-0.1, -0.05) is 23.4 Å². The smallest absolute Gasteiger partial charge is 0.277 e. The van der Waals surface area contributed by atoms with Gasteiger partial charge in [-0.2, -0.15) is 0 Å². The average molecular weight is 414 g/mol. The highest BCUT2D eigenvalue weighted by Gasteiger charge is 2.14. The van der Waals surface area contributed by atoms with Crippen LogP contribution < -0.4 is 5.48 Å². The number of benzene rings is 2. The number of pyridine rings is 2. The number of amides is 1. The van der Waals surface area contributed by atoms with Gasteiger partial charge in [0.2, 0.25) is 0 Å². The monoisotopic (exact) mass is 414 g/mol. The predicted octanol–water partition coefficient (Wildman–Crippen LogP) is 3.35. The molecule has 0 radical (unpaired) electrons. The third-order valence-electron chi connectivity index (χ3n) is 4.97. The second-order valence-corrected chi connectivity index (χ2v) is 6.95. The number of nitrogens with zero attached hydrogens (tertiary/aromatic N) is 5. The minimum absolute atomic E-state index is 0.259. The maximum absolute atomic E-state index is 14.3. The highest BCUT2D eigenvalue weighted by Crippen LogP contribution is 2.23. The molecular formula is C22H15FN6O2. The number of hydrogen-bond acceptors (Lipinski definition) is 6. The Labute approximate surface area is 174 Å². The Morgan fingerprint density at radius 2 is 1.94 bits per heavy atom. The number of carbonyl (C=O) groups is 1. The lowest BCUT2D eigenvalue weighted by Gasteiger charge is -2.07. The molecule has 0 spiro atoms. The van der Waals surface area contributed by atoms with E-state index in [2.05, 4.69) is 20.3 Å². The molecule has 0 aliphatic heterocycles. The van der Waals surface area contributed by atoms with Crippen molar-refractivity contribution in [1.82, 2.24) is 30.4 Å². The van der Waals surface area contributed by atoms with Crippen molar-refractivity contribution in [3.05, 3.63) is 83.8 Å². The normalized spacial score (nSPS) is 11.2. The first-order valence-electron chi connectivity index (χ1n) is 9.40. The van der Waals surface area contributed by atoms with Gasteiger partial charge in [-0.3, -0.25) is 15.0 Å². The van der Waals surface area contributed by atoms with Gasteiger partial charge in [-0.15, -0.1) is 5.10 Å². The van der Waals surface area contributed by atoms with Crippen LogP contribution >= 0.6 is 0 Å². The van der Waals surface area contributed by atoms with E-state index in [1.807, 2.05) is 30.3 Å². The molecule has 152 valence electrons. The summed E-state index contributed by atoms with van der Waals surface area (Å²) in [5.41, 5.74) is 5.26. The number of hydroxylamine groups is 1. The van der Waals surface area contributed by atoms with E-state index >= 15 is 0 Å². The molecule has 9 heteroatoms. The first-order valence-corrected chi connectivity index (χ1v) is 9.40. The van der Waals surface area contributed by atoms with Crippen LogP contribution in [-0.2, 0) is 6.54 Å². The largest absolute Gasteiger partial charge is 0.288 e. The van der Waals surface area contributed by atoms with Crippen molar-refractivity contribution in [2.75, 3.05) is 0 Å². The maximum atomic E-state index is 14.3. The molecule has 2 N–H and O–H groups in total. The zero-order valence-electron chi connectivity index (χ0n) is 16.0. The molecule has 3 aromatic heterocycles. The summed E-state index contributed by atoms with van der Waals surface area (Å²) in [6.07, 6.45) is 1.75.